The second-order valence-electron chi connectivity index (χ2n) is 11.1. The standard InChI is InChI=1S/C26H34N4O5S/c1-24(2,3)19(27-16-31)22(34)30-15-7-10-18(30)21(33)28-25(11-12-25)23(35)29-36-26(13-14-26)20(32)17-8-5-4-6-9-17/h4-6,8-9,16,18-19H,7,10-15H2,1-3H3,(H,27,31)(H,28,33)(H,29,35)/t18?,19-/m1/s1. The van der Waals surface area contributed by atoms with Gasteiger partial charge >= 0.3 is 0 Å². The van der Waals surface area contributed by atoms with Gasteiger partial charge in [0.1, 0.15) is 17.6 Å². The monoisotopic (exact) mass is 514 g/mol. The summed E-state index contributed by atoms with van der Waals surface area (Å²) in [6.45, 7) is 5.98. The third kappa shape index (κ3) is 5.28. The van der Waals surface area contributed by atoms with Gasteiger partial charge < -0.3 is 15.5 Å². The second kappa shape index (κ2) is 9.88. The van der Waals surface area contributed by atoms with Crippen LogP contribution in [0.15, 0.2) is 30.3 Å². The minimum absolute atomic E-state index is 0.000251. The van der Waals surface area contributed by atoms with Crippen molar-refractivity contribution in [3.05, 3.63) is 35.9 Å². The Labute approximate surface area is 215 Å². The molecule has 9 nitrogen and oxygen atoms in total. The van der Waals surface area contributed by atoms with E-state index in [0.717, 1.165) is 11.9 Å². The molecule has 4 amide bonds. The molecule has 0 bridgehead atoms. The van der Waals surface area contributed by atoms with E-state index in [1.165, 1.54) is 4.90 Å². The maximum absolute atomic E-state index is 13.2. The van der Waals surface area contributed by atoms with Crippen LogP contribution in [-0.2, 0) is 19.2 Å². The van der Waals surface area contributed by atoms with Gasteiger partial charge in [-0.1, -0.05) is 51.1 Å². The number of hydrogen-bond donors (Lipinski definition) is 3. The molecule has 3 N–H and O–H groups in total. The van der Waals surface area contributed by atoms with Gasteiger partial charge in [0, 0.05) is 12.1 Å². The predicted octanol–water partition coefficient (Wildman–Crippen LogP) is 1.97. The Kier molecular flexibility index (Phi) is 7.19. The van der Waals surface area contributed by atoms with Crippen LogP contribution in [0.1, 0.15) is 69.7 Å². The first-order valence-corrected chi connectivity index (χ1v) is 13.3. The van der Waals surface area contributed by atoms with Gasteiger partial charge in [0.15, 0.2) is 5.78 Å². The molecule has 1 aromatic rings. The molecule has 36 heavy (non-hydrogen) atoms. The largest absolute Gasteiger partial charge is 0.346 e. The number of carbonyl (C=O) groups is 5. The molecule has 2 aliphatic carbocycles. The number of benzene rings is 1. The van der Waals surface area contributed by atoms with Gasteiger partial charge in [-0.2, -0.15) is 0 Å². The molecule has 1 aliphatic heterocycles. The Morgan fingerprint density at radius 1 is 1.08 bits per heavy atom. The van der Waals surface area contributed by atoms with Gasteiger partial charge in [-0.25, -0.2) is 0 Å². The number of nitrogens with one attached hydrogen (secondary N) is 3. The van der Waals surface area contributed by atoms with E-state index in [0.29, 0.717) is 57.0 Å². The fraction of sp³-hybridized carbons (Fsp3) is 0.577. The Bertz CT molecular complexity index is 1050. The number of ketones is 1. The van der Waals surface area contributed by atoms with Crippen LogP contribution in [0.3, 0.4) is 0 Å². The average molecular weight is 515 g/mol. The zero-order chi connectivity index (χ0) is 26.1. The van der Waals surface area contributed by atoms with Crippen LogP contribution < -0.4 is 15.4 Å². The van der Waals surface area contributed by atoms with E-state index in [1.54, 1.807) is 12.1 Å². The van der Waals surface area contributed by atoms with Gasteiger partial charge in [-0.05, 0) is 55.9 Å². The fourth-order valence-electron chi connectivity index (χ4n) is 4.66. The maximum atomic E-state index is 13.2. The summed E-state index contributed by atoms with van der Waals surface area (Å²) in [7, 11) is 0. The third-order valence-electron chi connectivity index (χ3n) is 7.23. The van der Waals surface area contributed by atoms with E-state index in [4.69, 9.17) is 0 Å². The lowest BCUT2D eigenvalue weighted by Crippen LogP contribution is -2.58. The van der Waals surface area contributed by atoms with Crippen LogP contribution >= 0.6 is 11.9 Å². The van der Waals surface area contributed by atoms with Crippen molar-refractivity contribution >= 4 is 41.9 Å². The van der Waals surface area contributed by atoms with Crippen LogP contribution in [-0.4, -0.2) is 63.7 Å². The number of rotatable bonds is 10. The number of nitrogens with zero attached hydrogens (tertiary/aromatic N) is 1. The molecule has 10 heteroatoms. The van der Waals surface area contributed by atoms with Crippen molar-refractivity contribution < 1.29 is 24.0 Å². The van der Waals surface area contributed by atoms with Crippen molar-refractivity contribution in [1.29, 1.82) is 0 Å². The van der Waals surface area contributed by atoms with Gasteiger partial charge in [0.25, 0.3) is 5.91 Å². The molecule has 2 atom stereocenters. The molecule has 3 fully saturated rings. The van der Waals surface area contributed by atoms with Crippen molar-refractivity contribution in [1.82, 2.24) is 20.3 Å². The third-order valence-corrected chi connectivity index (χ3v) is 8.50. The van der Waals surface area contributed by atoms with E-state index < -0.39 is 27.8 Å². The minimum atomic E-state index is -1.02. The Balaban J connectivity index is 1.36. The smallest absolute Gasteiger partial charge is 0.255 e. The minimum Gasteiger partial charge on any atom is -0.346 e. The van der Waals surface area contributed by atoms with E-state index >= 15 is 0 Å². The van der Waals surface area contributed by atoms with Crippen molar-refractivity contribution in [2.75, 3.05) is 6.54 Å². The molecule has 0 aromatic heterocycles. The molecule has 3 aliphatic rings. The van der Waals surface area contributed by atoms with E-state index in [1.807, 2.05) is 39.0 Å². The molecule has 194 valence electrons. The van der Waals surface area contributed by atoms with Crippen LogP contribution in [0.25, 0.3) is 0 Å². The molecule has 2 saturated carbocycles. The van der Waals surface area contributed by atoms with E-state index in [2.05, 4.69) is 15.4 Å². The lowest BCUT2D eigenvalue weighted by atomic mass is 9.85. The van der Waals surface area contributed by atoms with Crippen molar-refractivity contribution in [3.8, 4) is 0 Å². The number of amides is 4. The van der Waals surface area contributed by atoms with E-state index in [-0.39, 0.29) is 23.5 Å². The quantitative estimate of drug-likeness (QED) is 0.249. The SMILES string of the molecule is CC(C)(C)[C@H](NC=O)C(=O)N1CCCC1C(=O)NC1(C(=O)NSC2(C(=O)c3ccccc3)CC2)CC1. The van der Waals surface area contributed by atoms with Crippen LogP contribution in [0.5, 0.6) is 0 Å². The number of likely N-dealkylation sites (tertiary alicyclic amines) is 1. The summed E-state index contributed by atoms with van der Waals surface area (Å²) < 4.78 is 2.18. The highest BCUT2D eigenvalue weighted by atomic mass is 32.2. The normalized spacial score (nSPS) is 22.2. The summed E-state index contributed by atoms with van der Waals surface area (Å²) in [5.41, 5.74) is -0.917. The van der Waals surface area contributed by atoms with Gasteiger partial charge in [0.2, 0.25) is 18.2 Å². The molecule has 1 aromatic carbocycles. The first kappa shape index (κ1) is 26.2. The average Bonchev–Trinajstić information content (AvgIpc) is 3.76. The molecular weight excluding hydrogens is 480 g/mol. The summed E-state index contributed by atoms with van der Waals surface area (Å²) in [4.78, 5) is 65.0. The molecule has 1 saturated heterocycles. The van der Waals surface area contributed by atoms with Gasteiger partial charge in [-0.3, -0.25) is 28.7 Å². The summed E-state index contributed by atoms with van der Waals surface area (Å²) >= 11 is 1.14. The fourth-order valence-corrected chi connectivity index (χ4v) is 5.67. The molecular formula is C26H34N4O5S. The Morgan fingerprint density at radius 2 is 1.75 bits per heavy atom. The lowest BCUT2D eigenvalue weighted by molar-refractivity contribution is -0.143. The summed E-state index contributed by atoms with van der Waals surface area (Å²) in [5.74, 6) is -0.982. The van der Waals surface area contributed by atoms with Crippen LogP contribution in [0.2, 0.25) is 0 Å². The van der Waals surface area contributed by atoms with Crippen molar-refractivity contribution in [2.45, 2.75) is 81.7 Å². The van der Waals surface area contributed by atoms with Crippen molar-refractivity contribution in [2.24, 2.45) is 5.41 Å². The molecule has 4 rings (SSSR count). The zero-order valence-electron chi connectivity index (χ0n) is 21.0. The molecule has 1 unspecified atom stereocenters. The highest BCUT2D eigenvalue weighted by Crippen LogP contribution is 2.50. The van der Waals surface area contributed by atoms with Crippen LogP contribution in [0.4, 0.5) is 0 Å². The van der Waals surface area contributed by atoms with Crippen LogP contribution in [0, 0.1) is 5.41 Å². The van der Waals surface area contributed by atoms with Gasteiger partial charge in [0.05, 0.1) is 4.75 Å². The van der Waals surface area contributed by atoms with Crippen molar-refractivity contribution in [3.63, 3.8) is 0 Å². The topological polar surface area (TPSA) is 125 Å². The molecule has 0 radical (unpaired) electrons. The maximum Gasteiger partial charge on any atom is 0.255 e. The summed E-state index contributed by atoms with van der Waals surface area (Å²) in [5, 5.41) is 5.49. The first-order chi connectivity index (χ1) is 17.0. The zero-order valence-corrected chi connectivity index (χ0v) is 21.8. The van der Waals surface area contributed by atoms with E-state index in [9.17, 15) is 24.0 Å². The Morgan fingerprint density at radius 3 is 2.31 bits per heavy atom. The molecule has 0 spiro atoms. The highest BCUT2D eigenvalue weighted by molar-refractivity contribution is 8.00. The summed E-state index contributed by atoms with van der Waals surface area (Å²) in [6.07, 6.45) is 4.06. The predicted molar refractivity (Wildman–Crippen MR) is 136 cm³/mol. The van der Waals surface area contributed by atoms with Gasteiger partial charge in [-0.15, -0.1) is 0 Å². The lowest BCUT2D eigenvalue weighted by Gasteiger charge is -2.34. The molecule has 1 heterocycles. The number of Topliss-reactive ketones (excluding diaryl/α,β-unsaturated/α-hetero) is 1. The highest BCUT2D eigenvalue weighted by Gasteiger charge is 2.56. The number of carbonyl (C=O) groups excluding carboxylic acids is 5. The second-order valence-corrected chi connectivity index (χ2v) is 12.3. The number of hydrogen-bond acceptors (Lipinski definition) is 6. The first-order valence-electron chi connectivity index (χ1n) is 12.4. The Hall–Kier alpha value is -2.88. The summed E-state index contributed by atoms with van der Waals surface area (Å²) in [6, 6.07) is 7.59.